The number of amides is 1. The summed E-state index contributed by atoms with van der Waals surface area (Å²) in [6.45, 7) is 2.28. The van der Waals surface area contributed by atoms with Crippen molar-refractivity contribution >= 4 is 29.6 Å². The third kappa shape index (κ3) is 7.07. The molecule has 1 saturated heterocycles. The predicted molar refractivity (Wildman–Crippen MR) is 112 cm³/mol. The van der Waals surface area contributed by atoms with Crippen molar-refractivity contribution in [2.45, 2.75) is 17.7 Å². The van der Waals surface area contributed by atoms with E-state index in [-0.39, 0.29) is 24.3 Å². The fourth-order valence-corrected chi connectivity index (χ4v) is 3.68. The average Bonchev–Trinajstić information content (AvgIpc) is 2.73. The first-order valence-corrected chi connectivity index (χ1v) is 10.5. The normalized spacial score (nSPS) is 15.2. The zero-order valence-electron chi connectivity index (χ0n) is 16.9. The Morgan fingerprint density at radius 3 is 2.54 bits per heavy atom. The zero-order valence-corrected chi connectivity index (χ0v) is 17.7. The standard InChI is InChI=1S/C20H30N4O3S/c1-23(2)18(25)15-22-20(21-11-14-28-17-7-5-4-6-8-17)24-12-9-16(10-13-24)19(26)27-3/h4-8,16H,9-15H2,1-3H3,(H,21,22). The number of nitrogens with one attached hydrogen (secondary N) is 1. The van der Waals surface area contributed by atoms with E-state index in [0.717, 1.165) is 31.1 Å². The van der Waals surface area contributed by atoms with Crippen LogP contribution < -0.4 is 5.32 Å². The summed E-state index contributed by atoms with van der Waals surface area (Å²) in [6.07, 6.45) is 1.46. The minimum atomic E-state index is -0.145. The zero-order chi connectivity index (χ0) is 20.4. The Morgan fingerprint density at radius 2 is 1.93 bits per heavy atom. The molecule has 0 aromatic heterocycles. The first kappa shape index (κ1) is 22.1. The first-order chi connectivity index (χ1) is 13.5. The number of rotatable bonds is 7. The molecule has 2 rings (SSSR count). The van der Waals surface area contributed by atoms with Crippen LogP contribution in [0, 0.1) is 5.92 Å². The van der Waals surface area contributed by atoms with Crippen molar-refractivity contribution < 1.29 is 14.3 Å². The molecule has 0 atom stereocenters. The van der Waals surface area contributed by atoms with E-state index in [9.17, 15) is 9.59 Å². The molecule has 0 saturated carbocycles. The summed E-state index contributed by atoms with van der Waals surface area (Å²) in [5, 5.41) is 3.38. The number of ether oxygens (including phenoxy) is 1. The lowest BCUT2D eigenvalue weighted by atomic mass is 9.97. The maximum Gasteiger partial charge on any atom is 0.308 e. The van der Waals surface area contributed by atoms with Crippen LogP contribution in [0.3, 0.4) is 0 Å². The van der Waals surface area contributed by atoms with Gasteiger partial charge in [0, 0.05) is 44.4 Å². The molecule has 1 aliphatic heterocycles. The van der Waals surface area contributed by atoms with Crippen molar-refractivity contribution in [1.82, 2.24) is 15.1 Å². The van der Waals surface area contributed by atoms with Gasteiger partial charge in [-0.2, -0.15) is 0 Å². The Bertz CT molecular complexity index is 659. The van der Waals surface area contributed by atoms with E-state index in [2.05, 4.69) is 27.3 Å². The van der Waals surface area contributed by atoms with E-state index < -0.39 is 0 Å². The molecule has 1 N–H and O–H groups in total. The van der Waals surface area contributed by atoms with Gasteiger partial charge < -0.3 is 19.9 Å². The van der Waals surface area contributed by atoms with Gasteiger partial charge in [-0.15, -0.1) is 11.8 Å². The molecule has 7 nitrogen and oxygen atoms in total. The summed E-state index contributed by atoms with van der Waals surface area (Å²) in [7, 11) is 4.88. The number of esters is 1. The second-order valence-electron chi connectivity index (χ2n) is 6.80. The van der Waals surface area contributed by atoms with Crippen molar-refractivity contribution in [2.75, 3.05) is 53.1 Å². The number of nitrogens with zero attached hydrogens (tertiary/aromatic N) is 3. The lowest BCUT2D eigenvalue weighted by molar-refractivity contribution is -0.146. The van der Waals surface area contributed by atoms with Crippen LogP contribution in [0.1, 0.15) is 12.8 Å². The lowest BCUT2D eigenvalue weighted by Gasteiger charge is -2.33. The molecule has 1 fully saturated rings. The summed E-state index contributed by atoms with van der Waals surface area (Å²) in [4.78, 5) is 33.1. The van der Waals surface area contributed by atoms with E-state index in [1.165, 1.54) is 16.9 Å². The Labute approximate surface area is 171 Å². The third-order valence-corrected chi connectivity index (χ3v) is 5.60. The second-order valence-corrected chi connectivity index (χ2v) is 7.97. The molecule has 1 aromatic carbocycles. The lowest BCUT2D eigenvalue weighted by Crippen LogP contribution is -2.47. The minimum Gasteiger partial charge on any atom is -0.469 e. The Hall–Kier alpha value is -2.22. The summed E-state index contributed by atoms with van der Waals surface area (Å²) < 4.78 is 4.86. The Kier molecular flexibility index (Phi) is 9.13. The molecule has 1 heterocycles. The highest BCUT2D eigenvalue weighted by Crippen LogP contribution is 2.19. The van der Waals surface area contributed by atoms with Gasteiger partial charge in [0.25, 0.3) is 0 Å². The van der Waals surface area contributed by atoms with Crippen LogP contribution in [-0.4, -0.2) is 80.8 Å². The van der Waals surface area contributed by atoms with Crippen LogP contribution >= 0.6 is 11.8 Å². The molecular formula is C20H30N4O3S. The van der Waals surface area contributed by atoms with Crippen molar-refractivity contribution in [3.05, 3.63) is 30.3 Å². The molecule has 1 amide bonds. The number of methoxy groups -OCH3 is 1. The molecule has 0 unspecified atom stereocenters. The van der Waals surface area contributed by atoms with E-state index in [1.807, 2.05) is 18.2 Å². The molecule has 1 aromatic rings. The van der Waals surface area contributed by atoms with E-state index in [4.69, 9.17) is 4.74 Å². The van der Waals surface area contributed by atoms with Crippen LogP contribution in [0.15, 0.2) is 40.2 Å². The highest BCUT2D eigenvalue weighted by Gasteiger charge is 2.27. The maximum atomic E-state index is 11.9. The van der Waals surface area contributed by atoms with Gasteiger partial charge >= 0.3 is 5.97 Å². The summed E-state index contributed by atoms with van der Waals surface area (Å²) in [5.41, 5.74) is 0. The van der Waals surface area contributed by atoms with Crippen molar-refractivity contribution in [2.24, 2.45) is 10.9 Å². The van der Waals surface area contributed by atoms with Gasteiger partial charge in [0.2, 0.25) is 5.91 Å². The highest BCUT2D eigenvalue weighted by molar-refractivity contribution is 7.99. The fraction of sp³-hybridized carbons (Fsp3) is 0.550. The van der Waals surface area contributed by atoms with Gasteiger partial charge in [0.15, 0.2) is 5.96 Å². The number of likely N-dealkylation sites (tertiary alicyclic amines) is 1. The monoisotopic (exact) mass is 406 g/mol. The topological polar surface area (TPSA) is 74.2 Å². The van der Waals surface area contributed by atoms with Crippen molar-refractivity contribution in [3.63, 3.8) is 0 Å². The number of likely N-dealkylation sites (N-methyl/N-ethyl adjacent to an activating group) is 1. The second kappa shape index (κ2) is 11.6. The average molecular weight is 407 g/mol. The molecule has 0 spiro atoms. The number of hydrogen-bond acceptors (Lipinski definition) is 5. The smallest absolute Gasteiger partial charge is 0.308 e. The summed E-state index contributed by atoms with van der Waals surface area (Å²) in [6, 6.07) is 10.2. The predicted octanol–water partition coefficient (Wildman–Crippen LogP) is 1.70. The number of thioether (sulfide) groups is 1. The van der Waals surface area contributed by atoms with Gasteiger partial charge in [0.05, 0.1) is 13.0 Å². The van der Waals surface area contributed by atoms with E-state index in [1.54, 1.807) is 25.9 Å². The summed E-state index contributed by atoms with van der Waals surface area (Å²) >= 11 is 1.77. The molecule has 0 aliphatic carbocycles. The van der Waals surface area contributed by atoms with Gasteiger partial charge in [-0.1, -0.05) is 18.2 Å². The van der Waals surface area contributed by atoms with Gasteiger partial charge in [-0.25, -0.2) is 4.99 Å². The van der Waals surface area contributed by atoms with E-state index in [0.29, 0.717) is 13.1 Å². The van der Waals surface area contributed by atoms with Crippen molar-refractivity contribution in [3.8, 4) is 0 Å². The first-order valence-electron chi connectivity index (χ1n) is 9.50. The fourth-order valence-electron chi connectivity index (χ4n) is 2.89. The SMILES string of the molecule is COC(=O)C1CCN(C(=NCC(=O)N(C)C)NCCSc2ccccc2)CC1. The summed E-state index contributed by atoms with van der Waals surface area (Å²) in [5.74, 6) is 1.38. The third-order valence-electron chi connectivity index (χ3n) is 4.59. The molecule has 28 heavy (non-hydrogen) atoms. The largest absolute Gasteiger partial charge is 0.469 e. The van der Waals surface area contributed by atoms with Gasteiger partial charge in [-0.05, 0) is 25.0 Å². The molecular weight excluding hydrogens is 376 g/mol. The highest BCUT2D eigenvalue weighted by atomic mass is 32.2. The number of hydrogen-bond donors (Lipinski definition) is 1. The molecule has 1 aliphatic rings. The number of aliphatic imine (C=N–C) groups is 1. The Balaban J connectivity index is 1.90. The molecule has 154 valence electrons. The number of benzene rings is 1. The van der Waals surface area contributed by atoms with Crippen LogP contribution in [0.5, 0.6) is 0 Å². The molecule has 0 bridgehead atoms. The Morgan fingerprint density at radius 1 is 1.25 bits per heavy atom. The number of piperidine rings is 1. The molecule has 0 radical (unpaired) electrons. The van der Waals surface area contributed by atoms with Crippen molar-refractivity contribution in [1.29, 1.82) is 0 Å². The van der Waals surface area contributed by atoms with Crippen LogP contribution in [-0.2, 0) is 14.3 Å². The number of guanidine groups is 1. The molecule has 8 heteroatoms. The number of carbonyl (C=O) groups is 2. The van der Waals surface area contributed by atoms with E-state index >= 15 is 0 Å². The van der Waals surface area contributed by atoms with Crippen LogP contribution in [0.2, 0.25) is 0 Å². The maximum absolute atomic E-state index is 11.9. The minimum absolute atomic E-state index is 0.0394. The van der Waals surface area contributed by atoms with Gasteiger partial charge in [-0.3, -0.25) is 9.59 Å². The van der Waals surface area contributed by atoms with Crippen LogP contribution in [0.25, 0.3) is 0 Å². The quantitative estimate of drug-likeness (QED) is 0.244. The number of carbonyl (C=O) groups excluding carboxylic acids is 2. The van der Waals surface area contributed by atoms with Gasteiger partial charge in [0.1, 0.15) is 6.54 Å². The van der Waals surface area contributed by atoms with Crippen LogP contribution in [0.4, 0.5) is 0 Å².